The van der Waals surface area contributed by atoms with Gasteiger partial charge in [-0.3, -0.25) is 0 Å². The molecule has 2 heteroatoms. The van der Waals surface area contributed by atoms with E-state index in [2.05, 4.69) is 49.5 Å². The molecule has 18 heavy (non-hydrogen) atoms. The van der Waals surface area contributed by atoms with E-state index in [9.17, 15) is 0 Å². The zero-order valence-corrected chi connectivity index (χ0v) is 11.6. The van der Waals surface area contributed by atoms with Crippen molar-refractivity contribution in [2.24, 2.45) is 5.92 Å². The van der Waals surface area contributed by atoms with Crippen molar-refractivity contribution in [2.75, 3.05) is 13.2 Å². The summed E-state index contributed by atoms with van der Waals surface area (Å²) in [7, 11) is 0. The molecule has 0 bridgehead atoms. The maximum Gasteiger partial charge on any atom is 0.0767 e. The number of likely N-dealkylation sites (N-methyl/N-ethyl adjacent to an activating group) is 1. The van der Waals surface area contributed by atoms with Gasteiger partial charge in [-0.05, 0) is 37.3 Å². The first-order valence-electron chi connectivity index (χ1n) is 7.25. The largest absolute Gasteiger partial charge is 0.376 e. The van der Waals surface area contributed by atoms with Gasteiger partial charge in [0, 0.05) is 6.61 Å². The molecule has 1 N–H and O–H groups in total. The summed E-state index contributed by atoms with van der Waals surface area (Å²) in [5, 5.41) is 3.57. The van der Waals surface area contributed by atoms with E-state index in [1.165, 1.54) is 18.4 Å². The number of ether oxygens (including phenoxy) is 1. The van der Waals surface area contributed by atoms with E-state index in [0.29, 0.717) is 6.04 Å². The summed E-state index contributed by atoms with van der Waals surface area (Å²) >= 11 is 0. The highest BCUT2D eigenvalue weighted by Gasteiger charge is 2.26. The summed E-state index contributed by atoms with van der Waals surface area (Å²) < 4.78 is 6.12. The smallest absolute Gasteiger partial charge is 0.0767 e. The molecular formula is C16H25NO. The molecule has 1 saturated carbocycles. The maximum atomic E-state index is 6.12. The highest BCUT2D eigenvalue weighted by molar-refractivity contribution is 5.20. The minimum atomic E-state index is 0.285. The molecule has 2 nitrogen and oxygen atoms in total. The van der Waals surface area contributed by atoms with Crippen LogP contribution in [0, 0.1) is 5.92 Å². The van der Waals surface area contributed by atoms with Crippen molar-refractivity contribution in [3.05, 3.63) is 35.9 Å². The third-order valence-electron chi connectivity index (χ3n) is 3.60. The van der Waals surface area contributed by atoms with Crippen LogP contribution in [0.5, 0.6) is 0 Å². The van der Waals surface area contributed by atoms with Crippen molar-refractivity contribution in [1.29, 1.82) is 0 Å². The Morgan fingerprint density at radius 1 is 1.22 bits per heavy atom. The number of benzene rings is 1. The van der Waals surface area contributed by atoms with Gasteiger partial charge in [0.25, 0.3) is 0 Å². The molecule has 1 aromatic carbocycles. The number of hydrogen-bond donors (Lipinski definition) is 1. The van der Waals surface area contributed by atoms with Gasteiger partial charge in [-0.15, -0.1) is 0 Å². The molecule has 1 aliphatic rings. The summed E-state index contributed by atoms with van der Waals surface area (Å²) in [5.74, 6) is 0.831. The zero-order valence-electron chi connectivity index (χ0n) is 11.6. The second kappa shape index (κ2) is 6.91. The first kappa shape index (κ1) is 13.6. The summed E-state index contributed by atoms with van der Waals surface area (Å²) in [4.78, 5) is 0. The Bertz CT molecular complexity index is 334. The fourth-order valence-electron chi connectivity index (χ4n) is 2.34. The Labute approximate surface area is 111 Å². The van der Waals surface area contributed by atoms with E-state index in [1.54, 1.807) is 0 Å². The molecule has 0 amide bonds. The molecule has 2 unspecified atom stereocenters. The summed E-state index contributed by atoms with van der Waals surface area (Å²) in [6, 6.07) is 11.0. The molecule has 0 aliphatic heterocycles. The molecule has 0 heterocycles. The standard InChI is InChI=1S/C16H25NO/c1-3-15(18-12-13-10-11-13)16(17-4-2)14-8-6-5-7-9-14/h5-9,13,15-17H,3-4,10-12H2,1-2H3. The average molecular weight is 247 g/mol. The van der Waals surface area contributed by atoms with E-state index < -0.39 is 0 Å². The van der Waals surface area contributed by atoms with Crippen LogP contribution in [0.4, 0.5) is 0 Å². The van der Waals surface area contributed by atoms with Crippen molar-refractivity contribution < 1.29 is 4.74 Å². The summed E-state index contributed by atoms with van der Waals surface area (Å²) in [6.07, 6.45) is 4.05. The van der Waals surface area contributed by atoms with Gasteiger partial charge >= 0.3 is 0 Å². The molecule has 1 aromatic rings. The van der Waals surface area contributed by atoms with Crippen molar-refractivity contribution in [1.82, 2.24) is 5.32 Å². The second-order valence-corrected chi connectivity index (χ2v) is 5.17. The quantitative estimate of drug-likeness (QED) is 0.758. The lowest BCUT2D eigenvalue weighted by molar-refractivity contribution is 0.0175. The molecule has 2 rings (SSSR count). The van der Waals surface area contributed by atoms with Gasteiger partial charge in [-0.25, -0.2) is 0 Å². The normalized spacial score (nSPS) is 18.6. The molecule has 0 saturated heterocycles. The minimum Gasteiger partial charge on any atom is -0.376 e. The molecular weight excluding hydrogens is 222 g/mol. The van der Waals surface area contributed by atoms with Gasteiger partial charge in [-0.2, -0.15) is 0 Å². The Balaban J connectivity index is 2.00. The third-order valence-corrected chi connectivity index (χ3v) is 3.60. The summed E-state index contributed by atoms with van der Waals surface area (Å²) in [5.41, 5.74) is 1.34. The number of rotatable bonds is 8. The molecule has 0 radical (unpaired) electrons. The molecule has 100 valence electrons. The Hall–Kier alpha value is -0.860. The van der Waals surface area contributed by atoms with E-state index in [1.807, 2.05) is 0 Å². The molecule has 1 fully saturated rings. The molecule has 1 aliphatic carbocycles. The fraction of sp³-hybridized carbons (Fsp3) is 0.625. The van der Waals surface area contributed by atoms with Crippen molar-refractivity contribution in [3.8, 4) is 0 Å². The lowest BCUT2D eigenvalue weighted by Gasteiger charge is -2.27. The van der Waals surface area contributed by atoms with Crippen LogP contribution in [-0.2, 0) is 4.74 Å². The molecule has 2 atom stereocenters. The van der Waals surface area contributed by atoms with Gasteiger partial charge in [0.1, 0.15) is 0 Å². The van der Waals surface area contributed by atoms with E-state index >= 15 is 0 Å². The maximum absolute atomic E-state index is 6.12. The van der Waals surface area contributed by atoms with Crippen LogP contribution in [-0.4, -0.2) is 19.3 Å². The van der Waals surface area contributed by atoms with Crippen LogP contribution in [0.2, 0.25) is 0 Å². The fourth-order valence-corrected chi connectivity index (χ4v) is 2.34. The Morgan fingerprint density at radius 2 is 1.94 bits per heavy atom. The van der Waals surface area contributed by atoms with Crippen molar-refractivity contribution in [3.63, 3.8) is 0 Å². The van der Waals surface area contributed by atoms with E-state index in [-0.39, 0.29) is 6.10 Å². The van der Waals surface area contributed by atoms with Crippen LogP contribution in [0.25, 0.3) is 0 Å². The minimum absolute atomic E-state index is 0.285. The first-order chi connectivity index (χ1) is 8.85. The van der Waals surface area contributed by atoms with E-state index in [0.717, 1.165) is 25.5 Å². The average Bonchev–Trinajstić information content (AvgIpc) is 3.23. The van der Waals surface area contributed by atoms with Crippen LogP contribution < -0.4 is 5.32 Å². The Morgan fingerprint density at radius 3 is 2.50 bits per heavy atom. The van der Waals surface area contributed by atoms with Crippen LogP contribution in [0.3, 0.4) is 0 Å². The predicted molar refractivity (Wildman–Crippen MR) is 75.6 cm³/mol. The highest BCUT2D eigenvalue weighted by Crippen LogP contribution is 2.31. The molecule has 0 aromatic heterocycles. The van der Waals surface area contributed by atoms with Crippen LogP contribution in [0.1, 0.15) is 44.7 Å². The second-order valence-electron chi connectivity index (χ2n) is 5.17. The molecule has 0 spiro atoms. The lowest BCUT2D eigenvalue weighted by atomic mass is 9.99. The van der Waals surface area contributed by atoms with Crippen molar-refractivity contribution >= 4 is 0 Å². The van der Waals surface area contributed by atoms with Crippen LogP contribution >= 0.6 is 0 Å². The number of nitrogens with one attached hydrogen (secondary N) is 1. The third kappa shape index (κ3) is 3.82. The topological polar surface area (TPSA) is 21.3 Å². The SMILES string of the molecule is CCNC(c1ccccc1)C(CC)OCC1CC1. The first-order valence-corrected chi connectivity index (χ1v) is 7.25. The zero-order chi connectivity index (χ0) is 12.8. The van der Waals surface area contributed by atoms with Gasteiger partial charge < -0.3 is 10.1 Å². The van der Waals surface area contributed by atoms with Gasteiger partial charge in [0.15, 0.2) is 0 Å². The van der Waals surface area contributed by atoms with E-state index in [4.69, 9.17) is 4.74 Å². The van der Waals surface area contributed by atoms with Gasteiger partial charge in [0.2, 0.25) is 0 Å². The predicted octanol–water partition coefficient (Wildman–Crippen LogP) is 3.54. The summed E-state index contributed by atoms with van der Waals surface area (Å²) in [6.45, 7) is 6.28. The lowest BCUT2D eigenvalue weighted by Crippen LogP contribution is -2.34. The Kier molecular flexibility index (Phi) is 5.21. The number of hydrogen-bond acceptors (Lipinski definition) is 2. The van der Waals surface area contributed by atoms with Crippen LogP contribution in [0.15, 0.2) is 30.3 Å². The van der Waals surface area contributed by atoms with Gasteiger partial charge in [0.05, 0.1) is 12.1 Å². The highest BCUT2D eigenvalue weighted by atomic mass is 16.5. The monoisotopic (exact) mass is 247 g/mol. The van der Waals surface area contributed by atoms with Crippen molar-refractivity contribution in [2.45, 2.75) is 45.3 Å². The van der Waals surface area contributed by atoms with Gasteiger partial charge in [-0.1, -0.05) is 44.2 Å².